The lowest BCUT2D eigenvalue weighted by Gasteiger charge is -2.35. The highest BCUT2D eigenvalue weighted by Crippen LogP contribution is 2.12. The van der Waals surface area contributed by atoms with Crippen LogP contribution in [0.5, 0.6) is 0 Å². The summed E-state index contributed by atoms with van der Waals surface area (Å²) in [7, 11) is 0. The predicted octanol–water partition coefficient (Wildman–Crippen LogP) is 2.88. The molecule has 1 fully saturated rings. The number of nitrogens with zero attached hydrogens (tertiary/aromatic N) is 2. The van der Waals surface area contributed by atoms with Crippen molar-refractivity contribution in [2.24, 2.45) is 0 Å². The Morgan fingerprint density at radius 1 is 1.00 bits per heavy atom. The van der Waals surface area contributed by atoms with E-state index in [4.69, 9.17) is 4.74 Å². The summed E-state index contributed by atoms with van der Waals surface area (Å²) in [6, 6.07) is 17.5. The summed E-state index contributed by atoms with van der Waals surface area (Å²) in [5.41, 5.74) is 2.73. The summed E-state index contributed by atoms with van der Waals surface area (Å²) in [6.45, 7) is 7.39. The Hall–Kier alpha value is -2.66. The molecule has 0 aromatic heterocycles. The molecule has 0 aliphatic carbocycles. The van der Waals surface area contributed by atoms with Gasteiger partial charge in [0.05, 0.1) is 5.56 Å². The number of carbonyl (C=O) groups excluding carboxylic acids is 2. The minimum atomic E-state index is -0.779. The average molecular weight is 366 g/mol. The maximum Gasteiger partial charge on any atom is 0.338 e. The van der Waals surface area contributed by atoms with Gasteiger partial charge < -0.3 is 9.64 Å². The minimum Gasteiger partial charge on any atom is -0.449 e. The van der Waals surface area contributed by atoms with Crippen molar-refractivity contribution in [3.63, 3.8) is 0 Å². The number of ether oxygens (including phenoxy) is 1. The first-order valence-electron chi connectivity index (χ1n) is 9.35. The normalized spacial score (nSPS) is 16.0. The summed E-state index contributed by atoms with van der Waals surface area (Å²) in [6.07, 6.45) is -0.779. The van der Waals surface area contributed by atoms with Crippen LogP contribution in [-0.4, -0.2) is 54.0 Å². The van der Waals surface area contributed by atoms with E-state index in [0.29, 0.717) is 18.7 Å². The molecule has 1 saturated heterocycles. The maximum atomic E-state index is 12.6. The van der Waals surface area contributed by atoms with Crippen LogP contribution in [0.2, 0.25) is 0 Å². The second-order valence-corrected chi connectivity index (χ2v) is 7.00. The van der Waals surface area contributed by atoms with E-state index in [1.165, 1.54) is 5.56 Å². The second kappa shape index (κ2) is 8.82. The van der Waals surface area contributed by atoms with Gasteiger partial charge in [-0.25, -0.2) is 4.79 Å². The van der Waals surface area contributed by atoms with E-state index in [2.05, 4.69) is 17.0 Å². The van der Waals surface area contributed by atoms with Crippen molar-refractivity contribution in [3.8, 4) is 0 Å². The molecule has 5 nitrogen and oxygen atoms in total. The molecule has 0 saturated carbocycles. The standard InChI is InChI=1S/C22H26N2O3/c1-17-7-6-10-20(15-17)22(26)27-18(2)21(25)24-13-11-23(12-14-24)16-19-8-4-3-5-9-19/h3-10,15,18H,11-14,16H2,1-2H3/t18-/m1/s1. The van der Waals surface area contributed by atoms with E-state index in [0.717, 1.165) is 25.2 Å². The summed E-state index contributed by atoms with van der Waals surface area (Å²) >= 11 is 0. The van der Waals surface area contributed by atoms with E-state index in [-0.39, 0.29) is 5.91 Å². The highest BCUT2D eigenvalue weighted by molar-refractivity contribution is 5.92. The molecule has 1 aliphatic heterocycles. The smallest absolute Gasteiger partial charge is 0.338 e. The van der Waals surface area contributed by atoms with Crippen LogP contribution in [0.25, 0.3) is 0 Å². The molecular weight excluding hydrogens is 340 g/mol. The van der Waals surface area contributed by atoms with Crippen molar-refractivity contribution in [2.45, 2.75) is 26.5 Å². The third-order valence-corrected chi connectivity index (χ3v) is 4.82. The van der Waals surface area contributed by atoms with Crippen molar-refractivity contribution in [2.75, 3.05) is 26.2 Å². The van der Waals surface area contributed by atoms with Gasteiger partial charge >= 0.3 is 5.97 Å². The summed E-state index contributed by atoms with van der Waals surface area (Å²) in [5.74, 6) is -0.586. The molecular formula is C22H26N2O3. The number of hydrogen-bond acceptors (Lipinski definition) is 4. The molecule has 5 heteroatoms. The number of esters is 1. The Kier molecular flexibility index (Phi) is 6.24. The Bertz CT molecular complexity index is 783. The van der Waals surface area contributed by atoms with E-state index in [9.17, 15) is 9.59 Å². The number of amides is 1. The van der Waals surface area contributed by atoms with Crippen molar-refractivity contribution in [1.29, 1.82) is 0 Å². The fraction of sp³-hybridized carbons (Fsp3) is 0.364. The number of piperazine rings is 1. The van der Waals surface area contributed by atoms with Gasteiger partial charge in [-0.1, -0.05) is 48.0 Å². The van der Waals surface area contributed by atoms with Gasteiger partial charge in [-0.15, -0.1) is 0 Å². The van der Waals surface area contributed by atoms with E-state index in [1.807, 2.05) is 37.3 Å². The molecule has 142 valence electrons. The molecule has 0 spiro atoms. The third-order valence-electron chi connectivity index (χ3n) is 4.82. The fourth-order valence-electron chi connectivity index (χ4n) is 3.28. The van der Waals surface area contributed by atoms with Crippen LogP contribution in [0.1, 0.15) is 28.4 Å². The van der Waals surface area contributed by atoms with Gasteiger partial charge in [0, 0.05) is 32.7 Å². The van der Waals surface area contributed by atoms with Gasteiger partial charge in [0.25, 0.3) is 5.91 Å². The van der Waals surface area contributed by atoms with Crippen molar-refractivity contribution in [1.82, 2.24) is 9.80 Å². The summed E-state index contributed by atoms with van der Waals surface area (Å²) in [4.78, 5) is 29.0. The topological polar surface area (TPSA) is 49.9 Å². The fourth-order valence-corrected chi connectivity index (χ4v) is 3.28. The SMILES string of the molecule is Cc1cccc(C(=O)O[C@H](C)C(=O)N2CCN(Cc3ccccc3)CC2)c1. The third kappa shape index (κ3) is 5.17. The van der Waals surface area contributed by atoms with Crippen LogP contribution in [0.15, 0.2) is 54.6 Å². The van der Waals surface area contributed by atoms with E-state index >= 15 is 0 Å². The Balaban J connectivity index is 1.49. The molecule has 1 heterocycles. The summed E-state index contributed by atoms with van der Waals surface area (Å²) in [5, 5.41) is 0. The Morgan fingerprint density at radius 2 is 1.70 bits per heavy atom. The zero-order chi connectivity index (χ0) is 19.2. The number of hydrogen-bond donors (Lipinski definition) is 0. The molecule has 2 aromatic rings. The first-order valence-corrected chi connectivity index (χ1v) is 9.35. The quantitative estimate of drug-likeness (QED) is 0.764. The molecule has 3 rings (SSSR count). The number of benzene rings is 2. The van der Waals surface area contributed by atoms with E-state index in [1.54, 1.807) is 24.0 Å². The molecule has 0 bridgehead atoms. The minimum absolute atomic E-state index is 0.129. The number of aryl methyl sites for hydroxylation is 1. The first kappa shape index (κ1) is 19.1. The molecule has 1 atom stereocenters. The monoisotopic (exact) mass is 366 g/mol. The van der Waals surface area contributed by atoms with Crippen molar-refractivity contribution >= 4 is 11.9 Å². The molecule has 27 heavy (non-hydrogen) atoms. The lowest BCUT2D eigenvalue weighted by Crippen LogP contribution is -2.51. The van der Waals surface area contributed by atoms with Gasteiger partial charge in [0.2, 0.25) is 0 Å². The molecule has 0 N–H and O–H groups in total. The zero-order valence-corrected chi connectivity index (χ0v) is 15.9. The molecule has 1 aliphatic rings. The van der Waals surface area contributed by atoms with Gasteiger partial charge in [-0.05, 0) is 31.5 Å². The van der Waals surface area contributed by atoms with Gasteiger partial charge in [-0.2, -0.15) is 0 Å². The largest absolute Gasteiger partial charge is 0.449 e. The van der Waals surface area contributed by atoms with Crippen LogP contribution in [-0.2, 0) is 16.1 Å². The Morgan fingerprint density at radius 3 is 2.37 bits per heavy atom. The van der Waals surface area contributed by atoms with E-state index < -0.39 is 12.1 Å². The van der Waals surface area contributed by atoms with Gasteiger partial charge in [0.1, 0.15) is 0 Å². The zero-order valence-electron chi connectivity index (χ0n) is 15.9. The lowest BCUT2D eigenvalue weighted by atomic mass is 10.1. The maximum absolute atomic E-state index is 12.6. The van der Waals surface area contributed by atoms with Crippen molar-refractivity contribution < 1.29 is 14.3 Å². The lowest BCUT2D eigenvalue weighted by molar-refractivity contribution is -0.141. The van der Waals surface area contributed by atoms with Gasteiger partial charge in [-0.3, -0.25) is 9.69 Å². The van der Waals surface area contributed by atoms with Gasteiger partial charge in [0.15, 0.2) is 6.10 Å². The van der Waals surface area contributed by atoms with Crippen LogP contribution in [0.4, 0.5) is 0 Å². The molecule has 0 radical (unpaired) electrons. The van der Waals surface area contributed by atoms with Crippen molar-refractivity contribution in [3.05, 3.63) is 71.3 Å². The van der Waals surface area contributed by atoms with Crippen LogP contribution >= 0.6 is 0 Å². The molecule has 2 aromatic carbocycles. The number of carbonyl (C=O) groups is 2. The second-order valence-electron chi connectivity index (χ2n) is 7.00. The molecule has 1 amide bonds. The highest BCUT2D eigenvalue weighted by atomic mass is 16.5. The van der Waals surface area contributed by atoms with Crippen LogP contribution < -0.4 is 0 Å². The predicted molar refractivity (Wildman–Crippen MR) is 104 cm³/mol. The first-order chi connectivity index (χ1) is 13.0. The summed E-state index contributed by atoms with van der Waals surface area (Å²) < 4.78 is 5.39. The van der Waals surface area contributed by atoms with Crippen LogP contribution in [0.3, 0.4) is 0 Å². The highest BCUT2D eigenvalue weighted by Gasteiger charge is 2.27. The Labute approximate surface area is 160 Å². The molecule has 0 unspecified atom stereocenters. The average Bonchev–Trinajstić information content (AvgIpc) is 2.69. The number of rotatable bonds is 5. The van der Waals surface area contributed by atoms with Crippen LogP contribution in [0, 0.1) is 6.92 Å².